The van der Waals surface area contributed by atoms with Crippen molar-refractivity contribution in [3.8, 4) is 0 Å². The topological polar surface area (TPSA) is 0 Å². The fourth-order valence-corrected chi connectivity index (χ4v) is 27.6. The number of hydrogen-bond acceptors (Lipinski definition) is 6. The lowest BCUT2D eigenvalue weighted by Crippen LogP contribution is -2.18. The summed E-state index contributed by atoms with van der Waals surface area (Å²) < 4.78 is 0. The molecule has 0 bridgehead atoms. The number of rotatable bonds is 48. The van der Waals surface area contributed by atoms with E-state index < -0.39 is 0 Å². The van der Waals surface area contributed by atoms with Crippen molar-refractivity contribution in [2.24, 2.45) is 71.0 Å². The van der Waals surface area contributed by atoms with Crippen LogP contribution in [0.3, 0.4) is 0 Å². The molecule has 0 amide bonds. The molecular weight excluding hydrogens is 1200 g/mol. The summed E-state index contributed by atoms with van der Waals surface area (Å²) in [6.07, 6.45) is 79.4. The van der Waals surface area contributed by atoms with Gasteiger partial charge in [-0.1, -0.05) is 311 Å². The molecule has 0 spiro atoms. The minimum atomic E-state index is 0.884. The molecule has 0 aromatic heterocycles. The SMILES string of the molecule is CCCCCC[C@H]1CC[C@H](CSc2c(SC[C@H]3CC[C@H](CCCCCC)CC3)c(SC[C@H]3CC[C@H](CCCCCC)CC3)c(SC[C@H]3CC[C@H](CCCCCC)CC3)c(SC[C@H]3CC[C@H](CCCCCC)CC3)c2SC[C@H]2CC[C@H](CCCCCC)CC2)CC1. The number of hydrogen-bond donors (Lipinski definition) is 0. The van der Waals surface area contributed by atoms with Crippen LogP contribution in [0.2, 0.25) is 0 Å². The maximum Gasteiger partial charge on any atom is 0.0368 e. The molecule has 90 heavy (non-hydrogen) atoms. The van der Waals surface area contributed by atoms with Crippen LogP contribution in [-0.2, 0) is 0 Å². The average Bonchev–Trinajstić information content (AvgIpc) is 0.805. The molecule has 0 saturated heterocycles. The summed E-state index contributed by atoms with van der Waals surface area (Å²) in [5.74, 6) is 19.5. The van der Waals surface area contributed by atoms with Crippen molar-refractivity contribution in [2.45, 2.75) is 418 Å². The normalized spacial score (nSPS) is 27.8. The molecule has 6 fully saturated rings. The molecular formula is C84H150S6. The van der Waals surface area contributed by atoms with Gasteiger partial charge in [0.2, 0.25) is 0 Å². The van der Waals surface area contributed by atoms with Gasteiger partial charge in [0.1, 0.15) is 0 Å². The van der Waals surface area contributed by atoms with Crippen molar-refractivity contribution in [3.05, 3.63) is 0 Å². The Hall–Kier alpha value is 1.32. The average molecular weight is 1350 g/mol. The molecule has 6 aliphatic rings. The molecule has 1 aromatic rings. The number of unbranched alkanes of at least 4 members (excludes halogenated alkanes) is 18. The number of benzene rings is 1. The van der Waals surface area contributed by atoms with Crippen LogP contribution in [0.4, 0.5) is 0 Å². The Balaban J connectivity index is 1.25. The van der Waals surface area contributed by atoms with Crippen LogP contribution in [0.1, 0.15) is 388 Å². The summed E-state index contributed by atoms with van der Waals surface area (Å²) in [6, 6.07) is 0. The lowest BCUT2D eigenvalue weighted by atomic mass is 9.80. The molecule has 6 heteroatoms. The van der Waals surface area contributed by atoms with Gasteiger partial charge < -0.3 is 0 Å². The Labute approximate surface area is 589 Å². The lowest BCUT2D eigenvalue weighted by Gasteiger charge is -2.33. The molecule has 0 atom stereocenters. The first-order valence-electron chi connectivity index (χ1n) is 41.4. The molecule has 0 radical (unpaired) electrons. The van der Waals surface area contributed by atoms with Crippen LogP contribution in [0.15, 0.2) is 29.4 Å². The van der Waals surface area contributed by atoms with Gasteiger partial charge in [0, 0.05) is 63.9 Å². The highest BCUT2D eigenvalue weighted by molar-refractivity contribution is 8.06. The van der Waals surface area contributed by atoms with E-state index in [1.807, 2.05) is 29.4 Å². The quantitative estimate of drug-likeness (QED) is 0.0468. The van der Waals surface area contributed by atoms with Gasteiger partial charge in [-0.15, -0.1) is 70.6 Å². The molecule has 6 aliphatic carbocycles. The van der Waals surface area contributed by atoms with E-state index in [4.69, 9.17) is 0 Å². The van der Waals surface area contributed by atoms with Crippen LogP contribution in [-0.4, -0.2) is 34.5 Å². The van der Waals surface area contributed by atoms with E-state index in [1.54, 1.807) is 0 Å². The predicted molar refractivity (Wildman–Crippen MR) is 416 cm³/mol. The zero-order valence-corrected chi connectivity index (χ0v) is 65.7. The van der Waals surface area contributed by atoms with E-state index in [2.05, 4.69) is 112 Å². The lowest BCUT2D eigenvalue weighted by molar-refractivity contribution is 0.274. The molecule has 0 N–H and O–H groups in total. The fraction of sp³-hybridized carbons (Fsp3) is 0.929. The predicted octanol–water partition coefficient (Wildman–Crippen LogP) is 30.9. The van der Waals surface area contributed by atoms with Gasteiger partial charge in [0.15, 0.2) is 0 Å². The van der Waals surface area contributed by atoms with E-state index >= 15 is 0 Å². The van der Waals surface area contributed by atoms with Crippen LogP contribution in [0.25, 0.3) is 0 Å². The van der Waals surface area contributed by atoms with Gasteiger partial charge in [-0.3, -0.25) is 0 Å². The third kappa shape index (κ3) is 30.4. The van der Waals surface area contributed by atoms with Crippen molar-refractivity contribution >= 4 is 70.6 Å². The fourth-order valence-electron chi connectivity index (χ4n) is 17.9. The molecule has 0 nitrogen and oxygen atoms in total. The van der Waals surface area contributed by atoms with Gasteiger partial charge in [0.05, 0.1) is 0 Å². The Morgan fingerprint density at radius 3 is 0.411 bits per heavy atom. The van der Waals surface area contributed by atoms with Crippen molar-refractivity contribution < 1.29 is 0 Å². The second-order valence-corrected chi connectivity index (χ2v) is 38.4. The zero-order chi connectivity index (χ0) is 63.1. The molecule has 6 saturated carbocycles. The highest BCUT2D eigenvalue weighted by atomic mass is 32.2. The first-order valence-corrected chi connectivity index (χ1v) is 47.3. The van der Waals surface area contributed by atoms with Crippen molar-refractivity contribution in [2.75, 3.05) is 34.5 Å². The Morgan fingerprint density at radius 2 is 0.289 bits per heavy atom. The van der Waals surface area contributed by atoms with Gasteiger partial charge in [-0.25, -0.2) is 0 Å². The van der Waals surface area contributed by atoms with E-state index in [0.717, 1.165) is 71.0 Å². The molecule has 0 unspecified atom stereocenters. The van der Waals surface area contributed by atoms with Gasteiger partial charge in [-0.05, 0) is 148 Å². The highest BCUT2D eigenvalue weighted by Gasteiger charge is 2.34. The smallest absolute Gasteiger partial charge is 0.0368 e. The molecule has 7 rings (SSSR count). The Kier molecular flexibility index (Phi) is 42.8. The highest BCUT2D eigenvalue weighted by Crippen LogP contribution is 2.58. The van der Waals surface area contributed by atoms with Gasteiger partial charge in [-0.2, -0.15) is 0 Å². The number of thioether (sulfide) groups is 6. The summed E-state index contributed by atoms with van der Waals surface area (Å²) >= 11 is 14.8. The summed E-state index contributed by atoms with van der Waals surface area (Å²) in [4.78, 5) is 11.0. The summed E-state index contributed by atoms with van der Waals surface area (Å²) in [5, 5.41) is 0. The first kappa shape index (κ1) is 78.7. The van der Waals surface area contributed by atoms with E-state index in [9.17, 15) is 0 Å². The molecule has 1 aromatic carbocycles. The standard InChI is InChI=1S/C84H150S6/c1-7-13-19-25-31-67-37-49-73(50-38-67)61-85-79-80(86-62-74-51-39-68(40-52-74)32-26-20-14-8-2)82(88-64-76-55-43-70(44-56-76)34-28-22-16-10-4)84(90-66-78-59-47-72(48-60-78)36-30-24-18-12-6)83(89-65-77-57-45-71(46-58-77)35-29-23-17-11-5)81(79)87-63-75-53-41-69(42-54-75)33-27-21-15-9-3/h67-78H,7-66H2,1-6H3/t67-,68-,69-,70-,71-,72-,73-,74-,75-,76-,77-,78-. The molecule has 0 aliphatic heterocycles. The molecule has 0 heterocycles. The third-order valence-corrected chi connectivity index (χ3v) is 33.4. The Morgan fingerprint density at radius 1 is 0.167 bits per heavy atom. The summed E-state index contributed by atoms with van der Waals surface area (Å²) in [5.41, 5.74) is 0. The monoisotopic (exact) mass is 1350 g/mol. The van der Waals surface area contributed by atoms with Crippen LogP contribution >= 0.6 is 70.6 Å². The van der Waals surface area contributed by atoms with E-state index in [-0.39, 0.29) is 0 Å². The summed E-state index contributed by atoms with van der Waals surface area (Å²) in [6.45, 7) is 14.3. The second kappa shape index (κ2) is 49.0. The Bertz CT molecular complexity index is 1520. The zero-order valence-electron chi connectivity index (χ0n) is 60.8. The maximum atomic E-state index is 2.47. The first-order chi connectivity index (χ1) is 44.4. The van der Waals surface area contributed by atoms with E-state index in [1.165, 1.54) is 381 Å². The van der Waals surface area contributed by atoms with Gasteiger partial charge >= 0.3 is 0 Å². The van der Waals surface area contributed by atoms with Crippen molar-refractivity contribution in [3.63, 3.8) is 0 Å². The largest absolute Gasteiger partial charge is 0.123 e. The van der Waals surface area contributed by atoms with Crippen LogP contribution < -0.4 is 0 Å². The third-order valence-electron chi connectivity index (χ3n) is 24.6. The summed E-state index contributed by atoms with van der Waals surface area (Å²) in [7, 11) is 0. The van der Waals surface area contributed by atoms with Crippen molar-refractivity contribution in [1.82, 2.24) is 0 Å². The van der Waals surface area contributed by atoms with Gasteiger partial charge in [0.25, 0.3) is 0 Å². The van der Waals surface area contributed by atoms with Crippen molar-refractivity contribution in [1.29, 1.82) is 0 Å². The minimum Gasteiger partial charge on any atom is -0.123 e. The van der Waals surface area contributed by atoms with Crippen LogP contribution in [0.5, 0.6) is 0 Å². The second-order valence-electron chi connectivity index (χ2n) is 32.3. The van der Waals surface area contributed by atoms with Crippen LogP contribution in [0, 0.1) is 71.0 Å². The maximum absolute atomic E-state index is 2.47. The minimum absolute atomic E-state index is 0.884. The van der Waals surface area contributed by atoms with E-state index in [0.29, 0.717) is 0 Å². The molecule has 522 valence electrons.